The third-order valence-corrected chi connectivity index (χ3v) is 6.50. The van der Waals surface area contributed by atoms with E-state index in [2.05, 4.69) is 10.0 Å². The van der Waals surface area contributed by atoms with Crippen molar-refractivity contribution in [3.8, 4) is 0 Å². The molecule has 0 fully saturated rings. The van der Waals surface area contributed by atoms with Crippen molar-refractivity contribution in [1.29, 1.82) is 0 Å². The van der Waals surface area contributed by atoms with Gasteiger partial charge in [0.15, 0.2) is 0 Å². The number of fused-ring (bicyclic) bond motifs is 1. The van der Waals surface area contributed by atoms with Crippen LogP contribution < -0.4 is 21.3 Å². The van der Waals surface area contributed by atoms with Gasteiger partial charge < -0.3 is 5.32 Å². The summed E-state index contributed by atoms with van der Waals surface area (Å²) in [5, 5.41) is 2.83. The molecule has 164 valence electrons. The molecule has 1 aromatic heterocycles. The van der Waals surface area contributed by atoms with Crippen molar-refractivity contribution in [3.63, 3.8) is 0 Å². The first kappa shape index (κ1) is 22.4. The Kier molecular flexibility index (Phi) is 6.42. The highest BCUT2D eigenvalue weighted by Crippen LogP contribution is 2.15. The van der Waals surface area contributed by atoms with Crippen molar-refractivity contribution in [2.45, 2.75) is 24.7 Å². The predicted molar refractivity (Wildman–Crippen MR) is 119 cm³/mol. The van der Waals surface area contributed by atoms with Gasteiger partial charge in [-0.15, -0.1) is 0 Å². The number of hydrogen-bond donors (Lipinski definition) is 2. The Morgan fingerprint density at radius 2 is 1.68 bits per heavy atom. The minimum Gasteiger partial charge on any atom is -0.326 e. The first-order valence-corrected chi connectivity index (χ1v) is 11.2. The number of sulfonamides is 1. The van der Waals surface area contributed by atoms with Gasteiger partial charge in [0, 0.05) is 32.7 Å². The highest BCUT2D eigenvalue weighted by Gasteiger charge is 2.17. The normalized spacial score (nSPS) is 11.6. The summed E-state index contributed by atoms with van der Waals surface area (Å²) in [5.74, 6) is -0.325. The molecule has 0 unspecified atom stereocenters. The van der Waals surface area contributed by atoms with Gasteiger partial charge in [0.25, 0.3) is 5.56 Å². The zero-order valence-electron chi connectivity index (χ0n) is 17.5. The van der Waals surface area contributed by atoms with Gasteiger partial charge in [0.2, 0.25) is 15.9 Å². The number of nitrogens with zero attached hydrogens (tertiary/aromatic N) is 2. The lowest BCUT2D eigenvalue weighted by Gasteiger charge is -2.11. The fourth-order valence-corrected chi connectivity index (χ4v) is 4.23. The molecule has 2 N–H and O–H groups in total. The Morgan fingerprint density at radius 1 is 1.00 bits per heavy atom. The Bertz CT molecular complexity index is 1360. The molecule has 0 bridgehead atoms. The lowest BCUT2D eigenvalue weighted by atomic mass is 10.1. The molecule has 9 nitrogen and oxygen atoms in total. The Morgan fingerprint density at radius 3 is 2.32 bits per heavy atom. The fourth-order valence-electron chi connectivity index (χ4n) is 3.17. The lowest BCUT2D eigenvalue weighted by molar-refractivity contribution is -0.116. The van der Waals surface area contributed by atoms with Crippen LogP contribution in [0.4, 0.5) is 5.69 Å². The highest BCUT2D eigenvalue weighted by atomic mass is 32.2. The molecule has 0 saturated heterocycles. The number of nitrogens with one attached hydrogen (secondary N) is 2. The van der Waals surface area contributed by atoms with Gasteiger partial charge in [-0.25, -0.2) is 17.9 Å². The third-order valence-electron chi connectivity index (χ3n) is 5.04. The molecule has 1 amide bonds. The maximum atomic E-state index is 12.6. The summed E-state index contributed by atoms with van der Waals surface area (Å²) >= 11 is 0. The van der Waals surface area contributed by atoms with Crippen LogP contribution in [-0.2, 0) is 35.3 Å². The number of aromatic nitrogens is 2. The largest absolute Gasteiger partial charge is 0.330 e. The summed E-state index contributed by atoms with van der Waals surface area (Å²) in [6.07, 6.45) is 0.839. The van der Waals surface area contributed by atoms with Crippen LogP contribution in [0, 0.1) is 0 Å². The number of carbonyl (C=O) groups excluding carboxylic acids is 1. The average Bonchev–Trinajstić information content (AvgIpc) is 2.76. The van der Waals surface area contributed by atoms with E-state index in [9.17, 15) is 22.8 Å². The number of rotatable bonds is 7. The van der Waals surface area contributed by atoms with Crippen LogP contribution in [0.2, 0.25) is 0 Å². The van der Waals surface area contributed by atoms with Crippen molar-refractivity contribution in [2.75, 3.05) is 11.9 Å². The summed E-state index contributed by atoms with van der Waals surface area (Å²) in [5.41, 5.74) is 1.04. The van der Waals surface area contributed by atoms with Crippen LogP contribution in [0.15, 0.2) is 56.9 Å². The molecule has 2 aromatic carbocycles. The van der Waals surface area contributed by atoms with Crippen molar-refractivity contribution >= 4 is 32.5 Å². The zero-order chi connectivity index (χ0) is 22.8. The molecule has 3 rings (SSSR count). The van der Waals surface area contributed by atoms with Crippen molar-refractivity contribution in [2.24, 2.45) is 14.1 Å². The zero-order valence-corrected chi connectivity index (χ0v) is 18.3. The summed E-state index contributed by atoms with van der Waals surface area (Å²) < 4.78 is 29.8. The molecule has 0 aliphatic rings. The second-order valence-corrected chi connectivity index (χ2v) is 8.90. The van der Waals surface area contributed by atoms with E-state index in [4.69, 9.17) is 0 Å². The van der Waals surface area contributed by atoms with E-state index in [-0.39, 0.29) is 29.2 Å². The van der Waals surface area contributed by atoms with Gasteiger partial charge in [0.05, 0.1) is 15.8 Å². The minimum atomic E-state index is -3.95. The van der Waals surface area contributed by atoms with Crippen LogP contribution in [0.1, 0.15) is 18.9 Å². The first-order chi connectivity index (χ1) is 14.6. The standard InChI is InChI=1S/C21H24N4O5S/c1-4-14-5-7-15(8-6-14)23-19(26)11-12-22-31(29,30)16-9-10-18-17(13-16)20(27)25(3)21(28)24(18)2/h5-10,13,22H,4,11-12H2,1-3H3,(H,23,26). The number of amides is 1. The van der Waals surface area contributed by atoms with E-state index in [1.165, 1.54) is 36.9 Å². The van der Waals surface area contributed by atoms with Crippen LogP contribution in [0.3, 0.4) is 0 Å². The van der Waals surface area contributed by atoms with Gasteiger partial charge in [-0.1, -0.05) is 19.1 Å². The highest BCUT2D eigenvalue weighted by molar-refractivity contribution is 7.89. The maximum Gasteiger partial charge on any atom is 0.330 e. The van der Waals surface area contributed by atoms with Gasteiger partial charge in [-0.3, -0.25) is 18.7 Å². The molecule has 0 aliphatic carbocycles. The number of benzene rings is 2. The van der Waals surface area contributed by atoms with Crippen molar-refractivity contribution in [1.82, 2.24) is 13.9 Å². The lowest BCUT2D eigenvalue weighted by Crippen LogP contribution is -2.37. The van der Waals surface area contributed by atoms with Crippen LogP contribution in [-0.4, -0.2) is 30.0 Å². The third kappa shape index (κ3) is 4.75. The van der Waals surface area contributed by atoms with E-state index in [1.54, 1.807) is 12.1 Å². The van der Waals surface area contributed by atoms with Gasteiger partial charge in [-0.05, 0) is 42.3 Å². The molecule has 0 atom stereocenters. The number of carbonyl (C=O) groups is 1. The number of hydrogen-bond acceptors (Lipinski definition) is 5. The molecular formula is C21H24N4O5S. The molecule has 0 aliphatic heterocycles. The van der Waals surface area contributed by atoms with Gasteiger partial charge in [-0.2, -0.15) is 0 Å². The van der Waals surface area contributed by atoms with Crippen LogP contribution in [0.25, 0.3) is 10.9 Å². The van der Waals surface area contributed by atoms with Crippen molar-refractivity contribution < 1.29 is 13.2 Å². The topological polar surface area (TPSA) is 119 Å². The second-order valence-electron chi connectivity index (χ2n) is 7.13. The van der Waals surface area contributed by atoms with E-state index in [0.717, 1.165) is 16.6 Å². The Balaban J connectivity index is 1.70. The maximum absolute atomic E-state index is 12.6. The quantitative estimate of drug-likeness (QED) is 0.566. The number of anilines is 1. The molecule has 31 heavy (non-hydrogen) atoms. The summed E-state index contributed by atoms with van der Waals surface area (Å²) in [4.78, 5) is 36.4. The second kappa shape index (κ2) is 8.86. The fraction of sp³-hybridized carbons (Fsp3) is 0.286. The van der Waals surface area contributed by atoms with E-state index >= 15 is 0 Å². The van der Waals surface area contributed by atoms with Crippen LogP contribution >= 0.6 is 0 Å². The molecular weight excluding hydrogens is 420 g/mol. The van der Waals surface area contributed by atoms with Crippen LogP contribution in [0.5, 0.6) is 0 Å². The Hall–Kier alpha value is -3.24. The summed E-state index contributed by atoms with van der Waals surface area (Å²) in [6.45, 7) is 1.93. The average molecular weight is 445 g/mol. The molecule has 0 spiro atoms. The smallest absolute Gasteiger partial charge is 0.326 e. The summed E-state index contributed by atoms with van der Waals surface area (Å²) in [6, 6.07) is 11.4. The molecule has 1 heterocycles. The van der Waals surface area contributed by atoms with E-state index < -0.39 is 21.3 Å². The van der Waals surface area contributed by atoms with Gasteiger partial charge >= 0.3 is 5.69 Å². The van der Waals surface area contributed by atoms with E-state index in [0.29, 0.717) is 11.2 Å². The first-order valence-electron chi connectivity index (χ1n) is 9.72. The predicted octanol–water partition coefficient (Wildman–Crippen LogP) is 1.11. The number of aryl methyl sites for hydroxylation is 2. The minimum absolute atomic E-state index is 0.0569. The molecule has 10 heteroatoms. The van der Waals surface area contributed by atoms with Gasteiger partial charge in [0.1, 0.15) is 0 Å². The molecule has 0 saturated carbocycles. The molecule has 3 aromatic rings. The Labute approximate surface area is 179 Å². The SMILES string of the molecule is CCc1ccc(NC(=O)CCNS(=O)(=O)c2ccc3c(c2)c(=O)n(C)c(=O)n3C)cc1. The monoisotopic (exact) mass is 444 g/mol. The molecule has 0 radical (unpaired) electrons. The summed E-state index contributed by atoms with van der Waals surface area (Å²) in [7, 11) is -1.11. The van der Waals surface area contributed by atoms with E-state index in [1.807, 2.05) is 19.1 Å². The van der Waals surface area contributed by atoms with Crippen molar-refractivity contribution in [3.05, 3.63) is 68.9 Å².